The number of hydrogen-bond acceptors (Lipinski definition) is 5. The molecule has 1 aromatic rings. The highest BCUT2D eigenvalue weighted by atomic mass is 32.1. The van der Waals surface area contributed by atoms with E-state index in [0.29, 0.717) is 23.5 Å². The largest absolute Gasteiger partial charge is 0.480 e. The molecule has 0 aliphatic carbocycles. The van der Waals surface area contributed by atoms with Gasteiger partial charge < -0.3 is 16.2 Å². The molecule has 0 aliphatic heterocycles. The van der Waals surface area contributed by atoms with Crippen LogP contribution in [0.25, 0.3) is 0 Å². The first kappa shape index (κ1) is 22.9. The van der Waals surface area contributed by atoms with Crippen LogP contribution in [0, 0.1) is 0 Å². The van der Waals surface area contributed by atoms with Crippen LogP contribution >= 0.6 is 11.3 Å². The standard InChI is InChI=1S/C10H21NO2.C8H14N2S/c1-4-7-9(10(12)13)11-8(5-2)6-3;1-3-6(4-2)7-5-10-8(9)11-7/h8-9,11H,4-7H2,1-3H3,(H,12,13);5-6H,3-4H2,1-2H3,(H2,9,10)/t9-;/m0./s1. The molecule has 1 heterocycles. The minimum absolute atomic E-state index is 0.340. The zero-order valence-corrected chi connectivity index (χ0v) is 16.7. The molecule has 1 aromatic heterocycles. The van der Waals surface area contributed by atoms with Crippen LogP contribution in [0.1, 0.15) is 83.9 Å². The normalized spacial score (nSPS) is 12.1. The predicted octanol–water partition coefficient (Wildman–Crippen LogP) is 4.65. The molecule has 1 rings (SSSR count). The Kier molecular flexibility index (Phi) is 12.6. The van der Waals surface area contributed by atoms with Gasteiger partial charge in [0, 0.05) is 17.1 Å². The molecule has 0 bridgehead atoms. The lowest BCUT2D eigenvalue weighted by atomic mass is 10.0. The first-order chi connectivity index (χ1) is 11.4. The van der Waals surface area contributed by atoms with Gasteiger partial charge in [-0.2, -0.15) is 0 Å². The van der Waals surface area contributed by atoms with Crippen molar-refractivity contribution in [2.45, 2.75) is 91.1 Å². The number of carbonyl (C=O) groups is 1. The lowest BCUT2D eigenvalue weighted by Crippen LogP contribution is -2.42. The molecule has 1 atom stereocenters. The topological polar surface area (TPSA) is 88.2 Å². The number of aliphatic carboxylic acids is 1. The molecule has 0 aromatic carbocycles. The Bertz CT molecular complexity index is 443. The molecular formula is C18H35N3O2S. The van der Waals surface area contributed by atoms with E-state index in [9.17, 15) is 4.79 Å². The number of nitrogen functional groups attached to an aromatic ring is 1. The zero-order valence-electron chi connectivity index (χ0n) is 15.8. The van der Waals surface area contributed by atoms with Gasteiger partial charge in [0.05, 0.1) is 0 Å². The SMILES string of the molecule is CCC(CC)c1cnc(N)s1.CCC[C@H](NC(CC)CC)C(=O)O. The lowest BCUT2D eigenvalue weighted by Gasteiger charge is -2.20. The van der Waals surface area contributed by atoms with Crippen molar-refractivity contribution < 1.29 is 9.90 Å². The smallest absolute Gasteiger partial charge is 0.320 e. The van der Waals surface area contributed by atoms with Crippen molar-refractivity contribution in [1.82, 2.24) is 10.3 Å². The molecule has 0 saturated heterocycles. The summed E-state index contributed by atoms with van der Waals surface area (Å²) >= 11 is 1.61. The predicted molar refractivity (Wildman–Crippen MR) is 104 cm³/mol. The molecular weight excluding hydrogens is 322 g/mol. The van der Waals surface area contributed by atoms with Gasteiger partial charge in [-0.25, -0.2) is 4.98 Å². The summed E-state index contributed by atoms with van der Waals surface area (Å²) in [4.78, 5) is 16.2. The number of anilines is 1. The fourth-order valence-electron chi connectivity index (χ4n) is 2.56. The molecule has 24 heavy (non-hydrogen) atoms. The maximum Gasteiger partial charge on any atom is 0.320 e. The molecule has 140 valence electrons. The molecule has 0 amide bonds. The van der Waals surface area contributed by atoms with Gasteiger partial charge in [0.1, 0.15) is 6.04 Å². The van der Waals surface area contributed by atoms with Crippen LogP contribution in [-0.2, 0) is 4.79 Å². The van der Waals surface area contributed by atoms with Crippen molar-refractivity contribution in [3.05, 3.63) is 11.1 Å². The summed E-state index contributed by atoms with van der Waals surface area (Å²) < 4.78 is 0. The summed E-state index contributed by atoms with van der Waals surface area (Å²) in [5, 5.41) is 12.7. The zero-order chi connectivity index (χ0) is 18.5. The fourth-order valence-corrected chi connectivity index (χ4v) is 3.51. The van der Waals surface area contributed by atoms with E-state index in [1.807, 2.05) is 13.1 Å². The maximum atomic E-state index is 10.8. The number of carboxylic acids is 1. The van der Waals surface area contributed by atoms with Crippen LogP contribution in [0.4, 0.5) is 5.13 Å². The van der Waals surface area contributed by atoms with E-state index in [0.717, 1.165) is 19.3 Å². The van der Waals surface area contributed by atoms with Gasteiger partial charge in [0.15, 0.2) is 5.13 Å². The number of thiazole rings is 1. The quantitative estimate of drug-likeness (QED) is 0.567. The van der Waals surface area contributed by atoms with Crippen molar-refractivity contribution in [1.29, 1.82) is 0 Å². The fraction of sp³-hybridized carbons (Fsp3) is 0.778. The van der Waals surface area contributed by atoms with Gasteiger partial charge in [0.25, 0.3) is 0 Å². The summed E-state index contributed by atoms with van der Waals surface area (Å²) in [6, 6.07) is -0.0254. The van der Waals surface area contributed by atoms with E-state index in [1.54, 1.807) is 11.3 Å². The Balaban J connectivity index is 0.000000446. The molecule has 0 saturated carbocycles. The number of hydrogen-bond donors (Lipinski definition) is 3. The van der Waals surface area contributed by atoms with Crippen molar-refractivity contribution in [3.8, 4) is 0 Å². The van der Waals surface area contributed by atoms with Crippen LogP contribution in [0.15, 0.2) is 6.20 Å². The molecule has 0 spiro atoms. The van der Waals surface area contributed by atoms with Gasteiger partial charge in [-0.15, -0.1) is 11.3 Å². The van der Waals surface area contributed by atoms with Crippen molar-refractivity contribution in [2.75, 3.05) is 5.73 Å². The molecule has 0 fully saturated rings. The Hall–Kier alpha value is -1.14. The Labute approximate surface area is 151 Å². The third kappa shape index (κ3) is 8.64. The second-order valence-electron chi connectivity index (χ2n) is 5.97. The van der Waals surface area contributed by atoms with E-state index in [4.69, 9.17) is 10.8 Å². The summed E-state index contributed by atoms with van der Waals surface area (Å²) in [6.07, 6.45) is 7.86. The van der Waals surface area contributed by atoms with Crippen LogP contribution in [0.5, 0.6) is 0 Å². The summed E-state index contributed by atoms with van der Waals surface area (Å²) in [5.74, 6) is -0.0708. The third-order valence-corrected chi connectivity index (χ3v) is 5.22. The minimum atomic E-state index is -0.728. The van der Waals surface area contributed by atoms with E-state index in [2.05, 4.69) is 38.0 Å². The van der Waals surface area contributed by atoms with E-state index in [1.165, 1.54) is 17.7 Å². The van der Waals surface area contributed by atoms with Crippen LogP contribution in [0.2, 0.25) is 0 Å². The van der Waals surface area contributed by atoms with Crippen molar-refractivity contribution in [2.24, 2.45) is 0 Å². The molecule has 0 unspecified atom stereocenters. The third-order valence-electron chi connectivity index (χ3n) is 4.23. The molecule has 6 heteroatoms. The number of aromatic nitrogens is 1. The second-order valence-corrected chi connectivity index (χ2v) is 7.07. The first-order valence-electron chi connectivity index (χ1n) is 9.13. The number of nitrogens with zero attached hydrogens (tertiary/aromatic N) is 1. The number of nitrogens with one attached hydrogen (secondary N) is 1. The minimum Gasteiger partial charge on any atom is -0.480 e. The highest BCUT2D eigenvalue weighted by Gasteiger charge is 2.18. The molecule has 4 N–H and O–H groups in total. The highest BCUT2D eigenvalue weighted by molar-refractivity contribution is 7.15. The van der Waals surface area contributed by atoms with Crippen molar-refractivity contribution in [3.63, 3.8) is 0 Å². The molecule has 0 radical (unpaired) electrons. The lowest BCUT2D eigenvalue weighted by molar-refractivity contribution is -0.139. The van der Waals surface area contributed by atoms with Gasteiger partial charge >= 0.3 is 5.97 Å². The number of nitrogens with two attached hydrogens (primary N) is 1. The highest BCUT2D eigenvalue weighted by Crippen LogP contribution is 2.28. The molecule has 0 aliphatic rings. The Morgan fingerprint density at radius 1 is 1.21 bits per heavy atom. The monoisotopic (exact) mass is 357 g/mol. The summed E-state index contributed by atoms with van der Waals surface area (Å²) in [5.41, 5.74) is 5.53. The summed E-state index contributed by atoms with van der Waals surface area (Å²) in [6.45, 7) is 10.6. The van der Waals surface area contributed by atoms with Gasteiger partial charge in [-0.1, -0.05) is 41.0 Å². The summed E-state index contributed by atoms with van der Waals surface area (Å²) in [7, 11) is 0. The van der Waals surface area contributed by atoms with Crippen molar-refractivity contribution >= 4 is 22.4 Å². The van der Waals surface area contributed by atoms with Crippen LogP contribution < -0.4 is 11.1 Å². The second kappa shape index (κ2) is 13.2. The Morgan fingerprint density at radius 3 is 2.12 bits per heavy atom. The Morgan fingerprint density at radius 2 is 1.79 bits per heavy atom. The van der Waals surface area contributed by atoms with Gasteiger partial charge in [-0.3, -0.25) is 4.79 Å². The average molecular weight is 358 g/mol. The number of rotatable bonds is 10. The van der Waals surface area contributed by atoms with Gasteiger partial charge in [0.2, 0.25) is 0 Å². The maximum absolute atomic E-state index is 10.8. The van der Waals surface area contributed by atoms with E-state index < -0.39 is 5.97 Å². The first-order valence-corrected chi connectivity index (χ1v) is 9.94. The number of carboxylic acid groups (broad SMARTS) is 1. The van der Waals surface area contributed by atoms with Gasteiger partial charge in [-0.05, 0) is 38.0 Å². The average Bonchev–Trinajstić information content (AvgIpc) is 2.99. The van der Waals surface area contributed by atoms with Crippen LogP contribution in [-0.4, -0.2) is 28.1 Å². The van der Waals surface area contributed by atoms with Crippen LogP contribution in [0.3, 0.4) is 0 Å². The van der Waals surface area contributed by atoms with E-state index >= 15 is 0 Å². The molecule has 5 nitrogen and oxygen atoms in total. The van der Waals surface area contributed by atoms with E-state index in [-0.39, 0.29) is 6.04 Å².